The van der Waals surface area contributed by atoms with Gasteiger partial charge in [-0.3, -0.25) is 14.9 Å². The van der Waals surface area contributed by atoms with E-state index in [1.54, 1.807) is 4.90 Å². The van der Waals surface area contributed by atoms with Crippen LogP contribution in [0, 0.1) is 5.92 Å². The number of piperazine rings is 1. The van der Waals surface area contributed by atoms with Gasteiger partial charge in [0.2, 0.25) is 0 Å². The minimum Gasteiger partial charge on any atom is -0.469 e. The molecule has 4 rings (SSSR count). The fourth-order valence-corrected chi connectivity index (χ4v) is 3.61. The molecule has 0 unspecified atom stereocenters. The molecular weight excluding hydrogens is 292 g/mol. The molecule has 1 N–H and O–H groups in total. The van der Waals surface area contributed by atoms with Crippen LogP contribution in [-0.2, 0) is 14.3 Å². The number of carbonyl (C=O) groups excluding carboxylic acids is 2. The number of methoxy groups -OCH3 is 1. The summed E-state index contributed by atoms with van der Waals surface area (Å²) in [5.41, 5.74) is 0.286. The fraction of sp³-hybridized carbons (Fsp3) is 0.467. The Bertz CT molecular complexity index is 594. The summed E-state index contributed by atoms with van der Waals surface area (Å²) in [5, 5.41) is 3.02. The van der Waals surface area contributed by atoms with Crippen LogP contribution < -0.4 is 10.2 Å². The Morgan fingerprint density at radius 2 is 2.10 bits per heavy atom. The Balaban J connectivity index is 2.05. The van der Waals surface area contributed by atoms with Crippen molar-refractivity contribution in [1.82, 2.24) is 5.32 Å². The Labute approximate surface area is 128 Å². The van der Waals surface area contributed by atoms with Crippen LogP contribution in [0.25, 0.3) is 0 Å². The van der Waals surface area contributed by atoms with E-state index >= 15 is 0 Å². The van der Waals surface area contributed by atoms with E-state index in [-0.39, 0.29) is 5.91 Å². The number of esters is 1. The Hall–Kier alpha value is -1.59. The summed E-state index contributed by atoms with van der Waals surface area (Å²) in [6.07, 6.45) is 0.469. The largest absolute Gasteiger partial charge is 0.469 e. The average molecular weight is 309 g/mol. The molecule has 21 heavy (non-hydrogen) atoms. The summed E-state index contributed by atoms with van der Waals surface area (Å²) in [7, 11) is 1.31. The van der Waals surface area contributed by atoms with Crippen molar-refractivity contribution in [2.24, 2.45) is 5.92 Å². The van der Waals surface area contributed by atoms with Crippen LogP contribution in [0.5, 0.6) is 0 Å². The minimum atomic E-state index is -1.43. The standard InChI is InChI=1S/C15H17ClN2O3/c1-14-8-11(12(19)21-2)15(16,17-9-14)13(20)18(14)10-6-4-3-5-7-10/h3-7,11,17H,8-9H2,1-2H3/t11-,14+,15+/m0/s1. The van der Waals surface area contributed by atoms with Crippen molar-refractivity contribution in [2.75, 3.05) is 18.6 Å². The normalized spacial score (nSPS) is 34.9. The van der Waals surface area contributed by atoms with E-state index in [2.05, 4.69) is 5.32 Å². The number of alkyl halides is 1. The number of nitrogens with zero attached hydrogens (tertiary/aromatic N) is 1. The van der Waals surface area contributed by atoms with Gasteiger partial charge in [-0.2, -0.15) is 0 Å². The van der Waals surface area contributed by atoms with E-state index in [0.29, 0.717) is 13.0 Å². The van der Waals surface area contributed by atoms with E-state index in [4.69, 9.17) is 16.3 Å². The predicted octanol–water partition coefficient (Wildman–Crippen LogP) is 1.51. The first-order valence-corrected chi connectivity index (χ1v) is 7.22. The van der Waals surface area contributed by atoms with Crippen molar-refractivity contribution >= 4 is 29.2 Å². The van der Waals surface area contributed by atoms with Crippen molar-refractivity contribution in [2.45, 2.75) is 23.9 Å². The van der Waals surface area contributed by atoms with Gasteiger partial charge in [0.15, 0.2) is 5.00 Å². The number of fused-ring (bicyclic) bond motifs is 3. The van der Waals surface area contributed by atoms with Crippen LogP contribution in [0.1, 0.15) is 13.3 Å². The summed E-state index contributed by atoms with van der Waals surface area (Å²) >= 11 is 6.49. The lowest BCUT2D eigenvalue weighted by Gasteiger charge is -2.58. The maximum Gasteiger partial charge on any atom is 0.312 e. The molecule has 0 saturated carbocycles. The monoisotopic (exact) mass is 308 g/mol. The van der Waals surface area contributed by atoms with Crippen LogP contribution >= 0.6 is 11.6 Å². The quantitative estimate of drug-likeness (QED) is 0.511. The molecule has 3 heterocycles. The second-order valence-corrected chi connectivity index (χ2v) is 6.41. The number of nitrogens with one attached hydrogen (secondary N) is 1. The highest BCUT2D eigenvalue weighted by molar-refractivity contribution is 6.39. The summed E-state index contributed by atoms with van der Waals surface area (Å²) in [4.78, 5) is 25.1. The maximum absolute atomic E-state index is 12.9. The molecule has 0 aliphatic carbocycles. The number of amides is 1. The van der Waals surface area contributed by atoms with E-state index in [1.165, 1.54) is 7.11 Å². The zero-order valence-corrected chi connectivity index (χ0v) is 12.7. The van der Waals surface area contributed by atoms with E-state index in [9.17, 15) is 9.59 Å². The highest BCUT2D eigenvalue weighted by Crippen LogP contribution is 2.47. The van der Waals surface area contributed by atoms with Gasteiger partial charge in [0.05, 0.1) is 12.6 Å². The van der Waals surface area contributed by atoms with Gasteiger partial charge in [-0.05, 0) is 25.5 Å². The molecule has 1 aromatic carbocycles. The van der Waals surface area contributed by atoms with Gasteiger partial charge in [0.25, 0.3) is 5.91 Å². The van der Waals surface area contributed by atoms with Crippen molar-refractivity contribution in [3.8, 4) is 0 Å². The molecule has 3 saturated heterocycles. The third-order valence-electron chi connectivity index (χ3n) is 4.40. The second kappa shape index (κ2) is 4.71. The minimum absolute atomic E-state index is 0.300. The van der Waals surface area contributed by atoms with Gasteiger partial charge in [-0.15, -0.1) is 0 Å². The highest BCUT2D eigenvalue weighted by atomic mass is 35.5. The number of rotatable bonds is 2. The highest BCUT2D eigenvalue weighted by Gasteiger charge is 2.64. The lowest BCUT2D eigenvalue weighted by atomic mass is 9.73. The molecular formula is C15H17ClN2O3. The zero-order chi connectivity index (χ0) is 15.3. The Kier molecular flexibility index (Phi) is 3.22. The number of halogens is 1. The van der Waals surface area contributed by atoms with Gasteiger partial charge < -0.3 is 9.64 Å². The molecule has 112 valence electrons. The average Bonchev–Trinajstić information content (AvgIpc) is 2.49. The number of carbonyl (C=O) groups is 2. The first kappa shape index (κ1) is 14.4. The van der Waals surface area contributed by atoms with Gasteiger partial charge in [-0.1, -0.05) is 29.8 Å². The number of anilines is 1. The van der Waals surface area contributed by atoms with Crippen LogP contribution in [0.2, 0.25) is 0 Å². The lowest BCUT2D eigenvalue weighted by molar-refractivity contribution is -0.155. The predicted molar refractivity (Wildman–Crippen MR) is 79.0 cm³/mol. The van der Waals surface area contributed by atoms with Crippen LogP contribution in [0.15, 0.2) is 30.3 Å². The van der Waals surface area contributed by atoms with Crippen LogP contribution in [-0.4, -0.2) is 36.1 Å². The number of para-hydroxylation sites is 1. The second-order valence-electron chi connectivity index (χ2n) is 5.82. The van der Waals surface area contributed by atoms with Gasteiger partial charge in [0.1, 0.15) is 5.92 Å². The van der Waals surface area contributed by atoms with Crippen molar-refractivity contribution in [1.29, 1.82) is 0 Å². The first-order valence-electron chi connectivity index (χ1n) is 6.84. The fourth-order valence-electron chi connectivity index (χ4n) is 3.29. The molecule has 0 radical (unpaired) electrons. The third kappa shape index (κ3) is 1.95. The molecule has 2 bridgehead atoms. The lowest BCUT2D eigenvalue weighted by Crippen LogP contribution is -2.79. The van der Waals surface area contributed by atoms with Gasteiger partial charge >= 0.3 is 5.97 Å². The summed E-state index contributed by atoms with van der Waals surface area (Å²) in [6.45, 7) is 2.49. The maximum atomic E-state index is 12.9. The van der Waals surface area contributed by atoms with Gasteiger partial charge in [0, 0.05) is 12.2 Å². The molecule has 3 aliphatic rings. The van der Waals surface area contributed by atoms with E-state index < -0.39 is 22.4 Å². The van der Waals surface area contributed by atoms with Gasteiger partial charge in [-0.25, -0.2) is 0 Å². The topological polar surface area (TPSA) is 58.6 Å². The Morgan fingerprint density at radius 1 is 1.43 bits per heavy atom. The van der Waals surface area contributed by atoms with Crippen LogP contribution in [0.3, 0.4) is 0 Å². The zero-order valence-electron chi connectivity index (χ0n) is 11.9. The molecule has 0 aromatic heterocycles. The molecule has 5 nitrogen and oxygen atoms in total. The smallest absolute Gasteiger partial charge is 0.312 e. The number of hydrogen-bond donors (Lipinski definition) is 1. The number of benzene rings is 1. The van der Waals surface area contributed by atoms with E-state index in [1.807, 2.05) is 37.3 Å². The number of hydrogen-bond acceptors (Lipinski definition) is 4. The van der Waals surface area contributed by atoms with Crippen molar-refractivity contribution < 1.29 is 14.3 Å². The number of ether oxygens (including phenoxy) is 1. The molecule has 0 spiro atoms. The van der Waals surface area contributed by atoms with E-state index in [0.717, 1.165) is 5.69 Å². The summed E-state index contributed by atoms with van der Waals surface area (Å²) in [6, 6.07) is 9.39. The molecule has 3 atom stereocenters. The first-order chi connectivity index (χ1) is 9.92. The summed E-state index contributed by atoms with van der Waals surface area (Å²) in [5.74, 6) is -1.44. The molecule has 3 fully saturated rings. The molecule has 1 aromatic rings. The van der Waals surface area contributed by atoms with Crippen molar-refractivity contribution in [3.63, 3.8) is 0 Å². The SMILES string of the molecule is COC(=O)[C@@H]1C[C@]2(C)CN[C@@]1(Cl)C(=O)N2c1ccccc1. The molecule has 6 heteroatoms. The van der Waals surface area contributed by atoms with Crippen LogP contribution in [0.4, 0.5) is 5.69 Å². The number of piperidine rings is 2. The van der Waals surface area contributed by atoms with Crippen molar-refractivity contribution in [3.05, 3.63) is 30.3 Å². The summed E-state index contributed by atoms with van der Waals surface area (Å²) < 4.78 is 4.81. The third-order valence-corrected chi connectivity index (χ3v) is 4.96. The Morgan fingerprint density at radius 3 is 2.71 bits per heavy atom. The molecule has 3 aliphatic heterocycles. The molecule has 1 amide bonds.